The quantitative estimate of drug-likeness (QED) is 0.603. The molecule has 0 aliphatic rings. The summed E-state index contributed by atoms with van der Waals surface area (Å²) in [5, 5.41) is -0.631. The second kappa shape index (κ2) is 4.38. The second-order valence-corrected chi connectivity index (χ2v) is 4.36. The van der Waals surface area contributed by atoms with Crippen molar-refractivity contribution in [2.45, 2.75) is 51.5 Å². The minimum atomic E-state index is -4.06. The zero-order chi connectivity index (χ0) is 10.7. The molecule has 0 aromatic rings. The maximum atomic E-state index is 12.4. The molecule has 0 rings (SSSR count). The fourth-order valence-electron chi connectivity index (χ4n) is 1.29. The van der Waals surface area contributed by atoms with Crippen LogP contribution in [0.15, 0.2) is 0 Å². The van der Waals surface area contributed by atoms with E-state index in [1.54, 1.807) is 14.8 Å². The van der Waals surface area contributed by atoms with Crippen LogP contribution < -0.4 is 0 Å². The first-order valence-electron chi connectivity index (χ1n) is 4.78. The lowest BCUT2D eigenvalue weighted by molar-refractivity contribution is -0.179. The van der Waals surface area contributed by atoms with E-state index in [9.17, 15) is 13.2 Å². The number of hydrogen-bond donors (Lipinski definition) is 0. The van der Waals surface area contributed by atoms with Crippen LogP contribution in [0, 0.1) is 5.92 Å². The Bertz CT molecular complexity index is 151. The molecule has 0 bridgehead atoms. The molecule has 2 unspecified atom stereocenters. The van der Waals surface area contributed by atoms with Gasteiger partial charge in [-0.25, -0.2) is 0 Å². The molecule has 0 nitrogen and oxygen atoms in total. The molecule has 0 aromatic heterocycles. The summed E-state index contributed by atoms with van der Waals surface area (Å²) < 4.78 is 37.1. The van der Waals surface area contributed by atoms with Crippen LogP contribution in [-0.4, -0.2) is 14.0 Å². The minimum absolute atomic E-state index is 0.631. The first kappa shape index (κ1) is 12.9. The van der Waals surface area contributed by atoms with E-state index in [0.29, 0.717) is 6.42 Å². The van der Waals surface area contributed by atoms with E-state index in [2.05, 4.69) is 0 Å². The van der Waals surface area contributed by atoms with E-state index in [1.165, 1.54) is 6.92 Å². The van der Waals surface area contributed by atoms with E-state index < -0.39 is 17.4 Å². The Labute approximate surface area is 79.3 Å². The highest BCUT2D eigenvalue weighted by molar-refractivity contribution is 6.15. The van der Waals surface area contributed by atoms with Gasteiger partial charge in [0.25, 0.3) is 0 Å². The predicted octanol–water partition coefficient (Wildman–Crippen LogP) is 3.19. The van der Waals surface area contributed by atoms with Gasteiger partial charge in [-0.2, -0.15) is 13.2 Å². The van der Waals surface area contributed by atoms with Crippen LogP contribution >= 0.6 is 0 Å². The number of alkyl halides is 3. The zero-order valence-electron chi connectivity index (χ0n) is 8.83. The molecule has 0 aromatic carbocycles. The SMILES string of the molecule is BC(C)(CCCC)C(C)C(F)(F)F. The first-order valence-corrected chi connectivity index (χ1v) is 4.78. The smallest absolute Gasteiger partial charge is 0.171 e. The molecule has 0 aliphatic heterocycles. The lowest BCUT2D eigenvalue weighted by Gasteiger charge is -2.33. The molecule has 0 spiro atoms. The molecular formula is C9H18BF3. The van der Waals surface area contributed by atoms with Crippen molar-refractivity contribution >= 4 is 7.85 Å². The van der Waals surface area contributed by atoms with Crippen molar-refractivity contribution in [3.63, 3.8) is 0 Å². The third-order valence-electron chi connectivity index (χ3n) is 2.84. The molecule has 0 aliphatic carbocycles. The predicted molar refractivity (Wildman–Crippen MR) is 51.7 cm³/mol. The highest BCUT2D eigenvalue weighted by Gasteiger charge is 2.44. The highest BCUT2D eigenvalue weighted by atomic mass is 19.4. The molecule has 0 N–H and O–H groups in total. The topological polar surface area (TPSA) is 0 Å². The van der Waals surface area contributed by atoms with Crippen molar-refractivity contribution in [1.29, 1.82) is 0 Å². The van der Waals surface area contributed by atoms with Gasteiger partial charge in [-0.05, 0) is 0 Å². The monoisotopic (exact) mass is 194 g/mol. The summed E-state index contributed by atoms with van der Waals surface area (Å²) in [4.78, 5) is 0. The zero-order valence-corrected chi connectivity index (χ0v) is 8.83. The molecule has 0 fully saturated rings. The van der Waals surface area contributed by atoms with Crippen molar-refractivity contribution in [3.8, 4) is 0 Å². The third-order valence-corrected chi connectivity index (χ3v) is 2.84. The molecule has 2 atom stereocenters. The number of rotatable bonds is 4. The van der Waals surface area contributed by atoms with Gasteiger partial charge in [0.1, 0.15) is 7.85 Å². The molecule has 78 valence electrons. The Kier molecular flexibility index (Phi) is 4.33. The molecule has 0 amide bonds. The Morgan fingerprint density at radius 2 is 1.77 bits per heavy atom. The maximum absolute atomic E-state index is 12.4. The second-order valence-electron chi connectivity index (χ2n) is 4.36. The minimum Gasteiger partial charge on any atom is -0.171 e. The molecule has 0 heterocycles. The van der Waals surface area contributed by atoms with Crippen molar-refractivity contribution in [1.82, 2.24) is 0 Å². The van der Waals surface area contributed by atoms with Crippen molar-refractivity contribution in [3.05, 3.63) is 0 Å². The van der Waals surface area contributed by atoms with Gasteiger partial charge in [-0.3, -0.25) is 0 Å². The van der Waals surface area contributed by atoms with Gasteiger partial charge in [0.05, 0.1) is 5.92 Å². The summed E-state index contributed by atoms with van der Waals surface area (Å²) in [6.45, 7) is 4.96. The van der Waals surface area contributed by atoms with Crippen LogP contribution in [0.1, 0.15) is 40.0 Å². The molecule has 0 saturated heterocycles. The van der Waals surface area contributed by atoms with Crippen LogP contribution in [0.25, 0.3) is 0 Å². The lowest BCUT2D eigenvalue weighted by atomic mass is 9.60. The van der Waals surface area contributed by atoms with Crippen molar-refractivity contribution in [2.75, 3.05) is 0 Å². The van der Waals surface area contributed by atoms with Crippen LogP contribution in [-0.2, 0) is 0 Å². The Balaban J connectivity index is 4.27. The summed E-state index contributed by atoms with van der Waals surface area (Å²) in [6, 6.07) is 0. The fraction of sp³-hybridized carbons (Fsp3) is 1.00. The standard InChI is InChI=1S/C9H18BF3/c1-4-5-6-8(3,10)7(2)9(11,12)13/h7H,4-6,10H2,1-3H3. The Morgan fingerprint density at radius 1 is 1.31 bits per heavy atom. The van der Waals surface area contributed by atoms with E-state index in [1.807, 2.05) is 6.92 Å². The normalized spacial score (nSPS) is 19.5. The average molecular weight is 194 g/mol. The van der Waals surface area contributed by atoms with Crippen LogP contribution in [0.2, 0.25) is 5.31 Å². The third kappa shape index (κ3) is 4.05. The number of unbranched alkanes of at least 4 members (excludes halogenated alkanes) is 1. The van der Waals surface area contributed by atoms with E-state index >= 15 is 0 Å². The van der Waals surface area contributed by atoms with Crippen molar-refractivity contribution < 1.29 is 13.2 Å². The van der Waals surface area contributed by atoms with Crippen LogP contribution in [0.3, 0.4) is 0 Å². The largest absolute Gasteiger partial charge is 0.391 e. The summed E-state index contributed by atoms with van der Waals surface area (Å²) in [6.07, 6.45) is -1.59. The maximum Gasteiger partial charge on any atom is 0.391 e. The number of halogens is 3. The molecule has 0 radical (unpaired) electrons. The van der Waals surface area contributed by atoms with Crippen molar-refractivity contribution in [2.24, 2.45) is 5.92 Å². The summed E-state index contributed by atoms with van der Waals surface area (Å²) in [7, 11) is 1.70. The fourth-order valence-corrected chi connectivity index (χ4v) is 1.29. The Morgan fingerprint density at radius 3 is 2.08 bits per heavy atom. The van der Waals surface area contributed by atoms with Gasteiger partial charge in [0.15, 0.2) is 0 Å². The van der Waals surface area contributed by atoms with E-state index in [-0.39, 0.29) is 0 Å². The Hall–Kier alpha value is -0.145. The van der Waals surface area contributed by atoms with E-state index in [0.717, 1.165) is 12.8 Å². The van der Waals surface area contributed by atoms with E-state index in [4.69, 9.17) is 0 Å². The number of hydrogen-bond acceptors (Lipinski definition) is 0. The lowest BCUT2D eigenvalue weighted by Crippen LogP contribution is -2.31. The van der Waals surface area contributed by atoms with Gasteiger partial charge in [0.2, 0.25) is 0 Å². The summed E-state index contributed by atoms with van der Waals surface area (Å²) in [5.74, 6) is -1.22. The van der Waals surface area contributed by atoms with Gasteiger partial charge in [0, 0.05) is 0 Å². The molecule has 4 heteroatoms. The van der Waals surface area contributed by atoms with Crippen LogP contribution in [0.4, 0.5) is 13.2 Å². The van der Waals surface area contributed by atoms with Crippen LogP contribution in [0.5, 0.6) is 0 Å². The molecule has 0 saturated carbocycles. The molecule has 13 heavy (non-hydrogen) atoms. The van der Waals surface area contributed by atoms with Gasteiger partial charge < -0.3 is 0 Å². The first-order chi connectivity index (χ1) is 5.72. The molecular weight excluding hydrogens is 176 g/mol. The van der Waals surface area contributed by atoms with Gasteiger partial charge in [-0.15, -0.1) is 0 Å². The summed E-state index contributed by atoms with van der Waals surface area (Å²) in [5.41, 5.74) is 0. The highest BCUT2D eigenvalue weighted by Crippen LogP contribution is 2.45. The van der Waals surface area contributed by atoms with Gasteiger partial charge >= 0.3 is 6.18 Å². The average Bonchev–Trinajstić information content (AvgIpc) is 1.98. The summed E-state index contributed by atoms with van der Waals surface area (Å²) >= 11 is 0. The van der Waals surface area contributed by atoms with Gasteiger partial charge in [-0.1, -0.05) is 45.3 Å².